The molecule has 0 fully saturated rings. The van der Waals surface area contributed by atoms with E-state index in [0.717, 1.165) is 10.8 Å². The predicted molar refractivity (Wildman–Crippen MR) is 51.7 cm³/mol. The minimum atomic E-state index is 0.644. The maximum absolute atomic E-state index is 5.39. The molecule has 0 unspecified atom stereocenters. The number of aromatic nitrogens is 1. The second-order valence-electron chi connectivity index (χ2n) is 2.70. The first-order valence-corrected chi connectivity index (χ1v) is 4.29. The molecule has 0 amide bonds. The van der Waals surface area contributed by atoms with E-state index in [9.17, 15) is 0 Å². The van der Waals surface area contributed by atoms with Crippen LogP contribution in [0.25, 0.3) is 10.8 Å². The number of ether oxygens (including phenoxy) is 1. The summed E-state index contributed by atoms with van der Waals surface area (Å²) >= 11 is 0. The maximum atomic E-state index is 5.39. The normalized spacial score (nSPS) is 10.2. The number of benzene rings is 1. The predicted octanol–water partition coefficient (Wildman–Crippen LogP) is 2.43. The monoisotopic (exact) mass is 172 g/mol. The van der Waals surface area contributed by atoms with Crippen molar-refractivity contribution in [2.75, 3.05) is 6.61 Å². The Bertz CT molecular complexity index is 406. The summed E-state index contributed by atoms with van der Waals surface area (Å²) in [6.07, 6.45) is 1.75. The van der Waals surface area contributed by atoms with E-state index in [4.69, 9.17) is 4.74 Å². The quantitative estimate of drug-likeness (QED) is 0.694. The van der Waals surface area contributed by atoms with Crippen LogP contribution in [-0.4, -0.2) is 11.6 Å². The molecule has 0 N–H and O–H groups in total. The first-order valence-electron chi connectivity index (χ1n) is 4.29. The van der Waals surface area contributed by atoms with Gasteiger partial charge in [-0.05, 0) is 36.6 Å². The molecule has 0 aliphatic rings. The van der Waals surface area contributed by atoms with E-state index in [1.807, 2.05) is 31.2 Å². The molecule has 2 rings (SSSR count). The Morgan fingerprint density at radius 1 is 1.46 bits per heavy atom. The van der Waals surface area contributed by atoms with Crippen molar-refractivity contribution in [3.8, 4) is 5.88 Å². The van der Waals surface area contributed by atoms with E-state index < -0.39 is 0 Å². The third kappa shape index (κ3) is 1.47. The van der Waals surface area contributed by atoms with Crippen LogP contribution in [0.5, 0.6) is 5.88 Å². The van der Waals surface area contributed by atoms with Gasteiger partial charge in [0.25, 0.3) is 0 Å². The Kier molecular flexibility index (Phi) is 2.13. The molecule has 0 aliphatic carbocycles. The van der Waals surface area contributed by atoms with Crippen molar-refractivity contribution in [3.05, 3.63) is 36.5 Å². The summed E-state index contributed by atoms with van der Waals surface area (Å²) in [6, 6.07) is 10.7. The lowest BCUT2D eigenvalue weighted by Gasteiger charge is -2.04. The van der Waals surface area contributed by atoms with Crippen LogP contribution in [-0.2, 0) is 0 Å². The van der Waals surface area contributed by atoms with Crippen molar-refractivity contribution in [1.29, 1.82) is 0 Å². The Morgan fingerprint density at radius 3 is 3.23 bits per heavy atom. The average Bonchev–Trinajstić information content (AvgIpc) is 2.19. The van der Waals surface area contributed by atoms with Gasteiger partial charge in [0.2, 0.25) is 5.88 Å². The maximum Gasteiger partial charge on any atom is 0.221 e. The highest BCUT2D eigenvalue weighted by molar-refractivity contribution is 5.86. The Balaban J connectivity index is 2.61. The van der Waals surface area contributed by atoms with Crippen molar-refractivity contribution < 1.29 is 4.74 Å². The molecule has 1 radical (unpaired) electrons. The minimum Gasteiger partial charge on any atom is -0.478 e. The molecule has 0 atom stereocenters. The number of nitrogens with zero attached hydrogens (tertiary/aromatic N) is 1. The lowest BCUT2D eigenvalue weighted by molar-refractivity contribution is 0.331. The molecule has 0 bridgehead atoms. The van der Waals surface area contributed by atoms with Crippen LogP contribution in [0.15, 0.2) is 30.5 Å². The molecule has 0 aliphatic heterocycles. The van der Waals surface area contributed by atoms with E-state index >= 15 is 0 Å². The van der Waals surface area contributed by atoms with Crippen LogP contribution in [0, 0.1) is 6.07 Å². The Labute approximate surface area is 77.2 Å². The molecule has 0 saturated carbocycles. The van der Waals surface area contributed by atoms with Crippen LogP contribution in [0.4, 0.5) is 0 Å². The standard InChI is InChI=1S/C11H10NO/c1-2-13-11-10-6-4-3-5-9(10)7-8-12-11/h4-8H,2H2,1H3. The lowest BCUT2D eigenvalue weighted by Crippen LogP contribution is -1.94. The van der Waals surface area contributed by atoms with Crippen LogP contribution in [0.1, 0.15) is 6.92 Å². The first-order chi connectivity index (χ1) is 6.42. The van der Waals surface area contributed by atoms with E-state index in [0.29, 0.717) is 12.5 Å². The third-order valence-electron chi connectivity index (χ3n) is 1.85. The highest BCUT2D eigenvalue weighted by Gasteiger charge is 2.00. The van der Waals surface area contributed by atoms with Crippen LogP contribution in [0.3, 0.4) is 0 Å². The molecule has 1 heterocycles. The van der Waals surface area contributed by atoms with E-state index in [-0.39, 0.29) is 0 Å². The zero-order chi connectivity index (χ0) is 9.10. The SMILES string of the molecule is CCOc1nccc2c[c]ccc12. The van der Waals surface area contributed by atoms with Gasteiger partial charge in [0.15, 0.2) is 0 Å². The van der Waals surface area contributed by atoms with Gasteiger partial charge in [-0.15, -0.1) is 0 Å². The van der Waals surface area contributed by atoms with Crippen LogP contribution < -0.4 is 4.74 Å². The topological polar surface area (TPSA) is 22.1 Å². The van der Waals surface area contributed by atoms with Crippen molar-refractivity contribution in [1.82, 2.24) is 4.98 Å². The van der Waals surface area contributed by atoms with Gasteiger partial charge in [-0.25, -0.2) is 4.98 Å². The van der Waals surface area contributed by atoms with Gasteiger partial charge in [0, 0.05) is 11.6 Å². The summed E-state index contributed by atoms with van der Waals surface area (Å²) in [4.78, 5) is 4.16. The summed E-state index contributed by atoms with van der Waals surface area (Å²) in [5.74, 6) is 0.703. The summed E-state index contributed by atoms with van der Waals surface area (Å²) in [7, 11) is 0. The van der Waals surface area contributed by atoms with Crippen LogP contribution in [0.2, 0.25) is 0 Å². The summed E-state index contributed by atoms with van der Waals surface area (Å²) in [5, 5.41) is 2.16. The third-order valence-corrected chi connectivity index (χ3v) is 1.85. The summed E-state index contributed by atoms with van der Waals surface area (Å²) in [6.45, 7) is 2.60. The van der Waals surface area contributed by atoms with Gasteiger partial charge in [-0.1, -0.05) is 6.07 Å². The van der Waals surface area contributed by atoms with E-state index in [1.54, 1.807) is 6.20 Å². The van der Waals surface area contributed by atoms with Gasteiger partial charge >= 0.3 is 0 Å². The molecule has 13 heavy (non-hydrogen) atoms. The second kappa shape index (κ2) is 3.44. The van der Waals surface area contributed by atoms with Gasteiger partial charge in [-0.2, -0.15) is 0 Å². The van der Waals surface area contributed by atoms with Gasteiger partial charge in [0.05, 0.1) is 6.61 Å². The molecule has 1 aromatic heterocycles. The zero-order valence-electron chi connectivity index (χ0n) is 7.45. The number of pyridine rings is 1. The van der Waals surface area contributed by atoms with Crippen molar-refractivity contribution in [3.63, 3.8) is 0 Å². The first kappa shape index (κ1) is 8.05. The minimum absolute atomic E-state index is 0.644. The summed E-state index contributed by atoms with van der Waals surface area (Å²) < 4.78 is 5.39. The highest BCUT2D eigenvalue weighted by Crippen LogP contribution is 2.21. The number of hydrogen-bond acceptors (Lipinski definition) is 2. The molecular weight excluding hydrogens is 162 g/mol. The van der Waals surface area contributed by atoms with Crippen molar-refractivity contribution in [2.24, 2.45) is 0 Å². The largest absolute Gasteiger partial charge is 0.478 e. The van der Waals surface area contributed by atoms with Crippen LogP contribution >= 0.6 is 0 Å². The smallest absolute Gasteiger partial charge is 0.221 e. The molecule has 1 aromatic carbocycles. The van der Waals surface area contributed by atoms with Gasteiger partial charge in [-0.3, -0.25) is 0 Å². The fraction of sp³-hybridized carbons (Fsp3) is 0.182. The molecule has 65 valence electrons. The second-order valence-corrected chi connectivity index (χ2v) is 2.70. The Morgan fingerprint density at radius 2 is 2.38 bits per heavy atom. The number of hydrogen-bond donors (Lipinski definition) is 0. The molecule has 0 saturated heterocycles. The van der Waals surface area contributed by atoms with Crippen molar-refractivity contribution >= 4 is 10.8 Å². The molecule has 0 spiro atoms. The fourth-order valence-electron chi connectivity index (χ4n) is 1.28. The molecule has 2 aromatic rings. The average molecular weight is 172 g/mol. The van der Waals surface area contributed by atoms with Gasteiger partial charge in [0.1, 0.15) is 0 Å². The number of fused-ring (bicyclic) bond motifs is 1. The molecular formula is C11H10NO. The number of rotatable bonds is 2. The molecule has 2 heteroatoms. The van der Waals surface area contributed by atoms with E-state index in [1.165, 1.54) is 0 Å². The fourth-order valence-corrected chi connectivity index (χ4v) is 1.28. The highest BCUT2D eigenvalue weighted by atomic mass is 16.5. The van der Waals surface area contributed by atoms with Crippen molar-refractivity contribution in [2.45, 2.75) is 6.92 Å². The lowest BCUT2D eigenvalue weighted by atomic mass is 10.2. The Hall–Kier alpha value is -1.57. The van der Waals surface area contributed by atoms with Gasteiger partial charge < -0.3 is 4.74 Å². The zero-order valence-corrected chi connectivity index (χ0v) is 7.45. The summed E-state index contributed by atoms with van der Waals surface area (Å²) in [5.41, 5.74) is 0. The van der Waals surface area contributed by atoms with E-state index in [2.05, 4.69) is 11.1 Å². The molecule has 2 nitrogen and oxygen atoms in total.